The molecule has 0 aliphatic heterocycles. The molecule has 0 radical (unpaired) electrons. The van der Waals surface area contributed by atoms with Gasteiger partial charge in [-0.2, -0.15) is 0 Å². The predicted molar refractivity (Wildman–Crippen MR) is 258 cm³/mol. The van der Waals surface area contributed by atoms with Crippen LogP contribution in [0.1, 0.15) is 0 Å². The van der Waals surface area contributed by atoms with Crippen molar-refractivity contribution in [2.24, 2.45) is 0 Å². The molecule has 0 amide bonds. The van der Waals surface area contributed by atoms with Gasteiger partial charge in [0.1, 0.15) is 0 Å². The highest BCUT2D eigenvalue weighted by atomic mass is 15.1. The van der Waals surface area contributed by atoms with Crippen LogP contribution in [-0.4, -0.2) is 9.13 Å². The maximum absolute atomic E-state index is 2.38. The van der Waals surface area contributed by atoms with Gasteiger partial charge in [0.25, 0.3) is 0 Å². The van der Waals surface area contributed by atoms with Gasteiger partial charge in [-0.15, -0.1) is 0 Å². The molecule has 0 fully saturated rings. The zero-order valence-corrected chi connectivity index (χ0v) is 33.4. The van der Waals surface area contributed by atoms with Crippen molar-refractivity contribution in [1.82, 2.24) is 9.13 Å². The number of benzene rings is 10. The Labute approximate surface area is 354 Å². The number of nitrogens with zero attached hydrogens (tertiary/aromatic N) is 3. The van der Waals surface area contributed by atoms with E-state index in [0.717, 1.165) is 28.4 Å². The number of hydrogen-bond acceptors (Lipinski definition) is 1. The minimum absolute atomic E-state index is 1.09. The number of rotatable bonds is 7. The summed E-state index contributed by atoms with van der Waals surface area (Å²) in [6, 6.07) is 85.8. The molecule has 3 heteroatoms. The highest BCUT2D eigenvalue weighted by Crippen LogP contribution is 2.40. The van der Waals surface area contributed by atoms with Gasteiger partial charge in [-0.1, -0.05) is 152 Å². The highest BCUT2D eigenvalue weighted by Gasteiger charge is 2.17. The summed E-state index contributed by atoms with van der Waals surface area (Å²) >= 11 is 0. The SMILES string of the molecule is c1cc(-c2ccc(N(c3ccc(-c4cccc5ccccc45)cc3)c3ccc(-n4c5ccccc5c5ccccc54)cc3)cc2)cc(-n2c3ccccc3c3ccccc32)c1. The first-order valence-electron chi connectivity index (χ1n) is 20.9. The molecule has 0 aliphatic carbocycles. The van der Waals surface area contributed by atoms with E-state index in [9.17, 15) is 0 Å². The Morgan fingerprint density at radius 2 is 0.672 bits per heavy atom. The van der Waals surface area contributed by atoms with Crippen molar-refractivity contribution < 1.29 is 0 Å². The van der Waals surface area contributed by atoms with Crippen molar-refractivity contribution in [1.29, 1.82) is 0 Å². The van der Waals surface area contributed by atoms with E-state index < -0.39 is 0 Å². The molecule has 0 saturated heterocycles. The molecule has 0 N–H and O–H groups in total. The minimum atomic E-state index is 1.09. The molecule has 12 rings (SSSR count). The van der Waals surface area contributed by atoms with Gasteiger partial charge in [0.05, 0.1) is 22.1 Å². The fourth-order valence-corrected chi connectivity index (χ4v) is 9.49. The first kappa shape index (κ1) is 34.9. The van der Waals surface area contributed by atoms with Crippen LogP contribution >= 0.6 is 0 Å². The zero-order valence-electron chi connectivity index (χ0n) is 33.4. The topological polar surface area (TPSA) is 13.1 Å². The van der Waals surface area contributed by atoms with Gasteiger partial charge in [-0.3, -0.25) is 0 Å². The fraction of sp³-hybridized carbons (Fsp3) is 0. The first-order valence-corrected chi connectivity index (χ1v) is 20.9. The van der Waals surface area contributed by atoms with Gasteiger partial charge in [0.2, 0.25) is 0 Å². The van der Waals surface area contributed by atoms with Crippen LogP contribution in [0.2, 0.25) is 0 Å². The maximum atomic E-state index is 2.38. The summed E-state index contributed by atoms with van der Waals surface area (Å²) in [4.78, 5) is 2.36. The molecule has 0 spiro atoms. The molecular formula is C58H39N3. The summed E-state index contributed by atoms with van der Waals surface area (Å²) in [5, 5.41) is 7.55. The van der Waals surface area contributed by atoms with Crippen molar-refractivity contribution in [3.8, 4) is 33.6 Å². The van der Waals surface area contributed by atoms with E-state index in [0.29, 0.717) is 0 Å². The Bertz CT molecular complexity index is 3460. The number of hydrogen-bond donors (Lipinski definition) is 0. The van der Waals surface area contributed by atoms with Crippen LogP contribution in [0.3, 0.4) is 0 Å². The molecule has 61 heavy (non-hydrogen) atoms. The summed E-state index contributed by atoms with van der Waals surface area (Å²) in [7, 11) is 0. The second-order valence-electron chi connectivity index (χ2n) is 15.8. The molecule has 0 atom stereocenters. The number of para-hydroxylation sites is 4. The van der Waals surface area contributed by atoms with E-state index in [1.54, 1.807) is 0 Å². The average molecular weight is 778 g/mol. The summed E-state index contributed by atoms with van der Waals surface area (Å²) in [6.07, 6.45) is 0. The van der Waals surface area contributed by atoms with Crippen LogP contribution in [0.5, 0.6) is 0 Å². The molecule has 0 aliphatic rings. The Morgan fingerprint density at radius 3 is 1.21 bits per heavy atom. The lowest BCUT2D eigenvalue weighted by atomic mass is 9.98. The normalized spacial score (nSPS) is 11.6. The number of fused-ring (bicyclic) bond motifs is 7. The lowest BCUT2D eigenvalue weighted by molar-refractivity contribution is 1.17. The second-order valence-corrected chi connectivity index (χ2v) is 15.8. The third-order valence-electron chi connectivity index (χ3n) is 12.3. The summed E-state index contributed by atoms with van der Waals surface area (Å²) in [5.74, 6) is 0. The van der Waals surface area contributed by atoms with Crippen LogP contribution in [0, 0.1) is 0 Å². The standard InChI is InChI=1S/C58H39N3/c1-2-17-49-41(13-1)14-12-22-50(49)42-29-33-45(34-30-42)59(46-35-37-47(38-36-46)60-55-23-7-3-18-51(55)52-19-4-8-24-56(52)60)44-31-27-40(28-32-44)43-15-11-16-48(39-43)61-57-25-9-5-20-53(57)54-21-6-10-26-58(54)61/h1-39H. The van der Waals surface area contributed by atoms with E-state index in [1.165, 1.54) is 76.6 Å². The van der Waals surface area contributed by atoms with Crippen LogP contribution in [0.4, 0.5) is 17.1 Å². The number of anilines is 3. The van der Waals surface area contributed by atoms with Crippen LogP contribution in [0.25, 0.3) is 88.0 Å². The molecule has 12 aromatic rings. The molecule has 0 bridgehead atoms. The van der Waals surface area contributed by atoms with E-state index in [2.05, 4.69) is 251 Å². The van der Waals surface area contributed by atoms with Crippen molar-refractivity contribution in [2.75, 3.05) is 4.90 Å². The van der Waals surface area contributed by atoms with Crippen molar-refractivity contribution in [3.63, 3.8) is 0 Å². The molecule has 286 valence electrons. The Morgan fingerprint density at radius 1 is 0.262 bits per heavy atom. The van der Waals surface area contributed by atoms with Gasteiger partial charge in [-0.05, 0) is 118 Å². The van der Waals surface area contributed by atoms with Gasteiger partial charge < -0.3 is 14.0 Å². The maximum Gasteiger partial charge on any atom is 0.0541 e. The second kappa shape index (κ2) is 14.3. The monoisotopic (exact) mass is 777 g/mol. The zero-order chi connectivity index (χ0) is 40.3. The van der Waals surface area contributed by atoms with Gasteiger partial charge in [-0.25, -0.2) is 0 Å². The average Bonchev–Trinajstić information content (AvgIpc) is 3.85. The Hall–Kier alpha value is -8.14. The van der Waals surface area contributed by atoms with E-state index >= 15 is 0 Å². The summed E-state index contributed by atoms with van der Waals surface area (Å²) in [6.45, 7) is 0. The molecule has 0 unspecified atom stereocenters. The third-order valence-corrected chi connectivity index (χ3v) is 12.3. The third kappa shape index (κ3) is 5.82. The quantitative estimate of drug-likeness (QED) is 0.157. The highest BCUT2D eigenvalue weighted by molar-refractivity contribution is 6.10. The van der Waals surface area contributed by atoms with Gasteiger partial charge in [0, 0.05) is 50.0 Å². The van der Waals surface area contributed by atoms with Crippen LogP contribution in [0.15, 0.2) is 237 Å². The molecule has 0 saturated carbocycles. The van der Waals surface area contributed by atoms with Gasteiger partial charge in [0.15, 0.2) is 0 Å². The van der Waals surface area contributed by atoms with E-state index in [4.69, 9.17) is 0 Å². The van der Waals surface area contributed by atoms with E-state index in [1.807, 2.05) is 0 Å². The first-order chi connectivity index (χ1) is 30.3. The Balaban J connectivity index is 0.946. The lowest BCUT2D eigenvalue weighted by Crippen LogP contribution is -2.10. The fourth-order valence-electron chi connectivity index (χ4n) is 9.49. The summed E-state index contributed by atoms with van der Waals surface area (Å²) < 4.78 is 4.76. The summed E-state index contributed by atoms with van der Waals surface area (Å²) in [5.41, 5.74) is 15.1. The molecule has 3 nitrogen and oxygen atoms in total. The smallest absolute Gasteiger partial charge is 0.0541 e. The van der Waals surface area contributed by atoms with Crippen molar-refractivity contribution in [2.45, 2.75) is 0 Å². The Kier molecular flexibility index (Phi) is 8.17. The molecular weight excluding hydrogens is 739 g/mol. The van der Waals surface area contributed by atoms with Gasteiger partial charge >= 0.3 is 0 Å². The molecule has 10 aromatic carbocycles. The van der Waals surface area contributed by atoms with Crippen LogP contribution in [-0.2, 0) is 0 Å². The predicted octanol–water partition coefficient (Wildman–Crippen LogP) is 15.8. The van der Waals surface area contributed by atoms with E-state index in [-0.39, 0.29) is 0 Å². The molecule has 2 aromatic heterocycles. The number of aromatic nitrogens is 2. The minimum Gasteiger partial charge on any atom is -0.311 e. The lowest BCUT2D eigenvalue weighted by Gasteiger charge is -2.26. The van der Waals surface area contributed by atoms with Crippen molar-refractivity contribution in [3.05, 3.63) is 237 Å². The largest absolute Gasteiger partial charge is 0.311 e. The van der Waals surface area contributed by atoms with Crippen LogP contribution < -0.4 is 4.90 Å². The van der Waals surface area contributed by atoms with Crippen molar-refractivity contribution >= 4 is 71.4 Å². The molecule has 2 heterocycles.